The van der Waals surface area contributed by atoms with E-state index in [2.05, 4.69) is 15.5 Å². The van der Waals surface area contributed by atoms with Crippen molar-refractivity contribution in [3.8, 4) is 28.4 Å². The van der Waals surface area contributed by atoms with Gasteiger partial charge in [0.25, 0.3) is 17.4 Å². The quantitative estimate of drug-likeness (QED) is 0.114. The number of aliphatic hydroxyl groups excluding tert-OH is 1. The average Bonchev–Trinajstić information content (AvgIpc) is 3.69. The molecule has 0 aliphatic carbocycles. The van der Waals surface area contributed by atoms with E-state index in [1.165, 1.54) is 11.3 Å². The standard InChI is InChI=1S/C44H54N6O9S/c1-47(2)24-33-35(57-4)20-26(21-36(33)58-5)32-25-48(3)42(54)31-23-37(60-39(31)32)41(53)45-27-10-9-17-49(18-15-27)16-7-6-8-19-59-28-11-12-29-30(22-28)44(56)50(43(29)55)34-13-14-38(51)46-40(34)52/h11-12,20-23,25,27,34,44,56H,6-10,13-19,24H2,1-5H3,(H,45,53)(H,46,51,52). The molecule has 0 saturated carbocycles. The number of methoxy groups -OCH3 is 2. The Labute approximate surface area is 353 Å². The van der Waals surface area contributed by atoms with Crippen LogP contribution in [0.4, 0.5) is 0 Å². The van der Waals surface area contributed by atoms with Crippen LogP contribution in [0.1, 0.15) is 88.8 Å². The first-order valence-corrected chi connectivity index (χ1v) is 21.4. The molecule has 0 radical (unpaired) electrons. The number of aliphatic hydroxyl groups is 1. The number of hydrogen-bond acceptors (Lipinski definition) is 12. The molecule has 7 rings (SSSR count). The Morgan fingerprint density at radius 3 is 2.45 bits per heavy atom. The van der Waals surface area contributed by atoms with Crippen molar-refractivity contribution in [2.24, 2.45) is 7.05 Å². The predicted molar refractivity (Wildman–Crippen MR) is 228 cm³/mol. The van der Waals surface area contributed by atoms with Crippen molar-refractivity contribution in [3.05, 3.63) is 74.5 Å². The minimum absolute atomic E-state index is 0.0263. The highest BCUT2D eigenvalue weighted by Gasteiger charge is 2.44. The summed E-state index contributed by atoms with van der Waals surface area (Å²) in [6, 6.07) is 9.71. The topological polar surface area (TPSA) is 172 Å². The highest BCUT2D eigenvalue weighted by molar-refractivity contribution is 7.21. The minimum atomic E-state index is -1.29. The molecule has 2 fully saturated rings. The summed E-state index contributed by atoms with van der Waals surface area (Å²) in [5, 5.41) is 17.0. The lowest BCUT2D eigenvalue weighted by Crippen LogP contribution is -2.53. The fourth-order valence-corrected chi connectivity index (χ4v) is 9.55. The first-order chi connectivity index (χ1) is 28.9. The Bertz CT molecular complexity index is 2320. The maximum absolute atomic E-state index is 13.7. The van der Waals surface area contributed by atoms with Crippen LogP contribution in [-0.2, 0) is 23.2 Å². The van der Waals surface area contributed by atoms with E-state index in [0.717, 1.165) is 84.4 Å². The number of fused-ring (bicyclic) bond motifs is 2. The van der Waals surface area contributed by atoms with E-state index in [1.807, 2.05) is 31.1 Å². The van der Waals surface area contributed by atoms with E-state index in [1.54, 1.807) is 56.3 Å². The van der Waals surface area contributed by atoms with Crippen LogP contribution < -0.4 is 30.4 Å². The number of amides is 4. The van der Waals surface area contributed by atoms with Crippen molar-refractivity contribution in [2.45, 2.75) is 76.2 Å². The Balaban J connectivity index is 0.891. The van der Waals surface area contributed by atoms with Gasteiger partial charge in [-0.1, -0.05) is 0 Å². The Morgan fingerprint density at radius 2 is 1.73 bits per heavy atom. The van der Waals surface area contributed by atoms with E-state index in [-0.39, 0.29) is 36.3 Å². The number of nitrogens with one attached hydrogen (secondary N) is 2. The summed E-state index contributed by atoms with van der Waals surface area (Å²) in [5.41, 5.74) is 3.12. The zero-order valence-corrected chi connectivity index (χ0v) is 35.7. The van der Waals surface area contributed by atoms with Crippen LogP contribution in [0.15, 0.2) is 47.4 Å². The van der Waals surface area contributed by atoms with Gasteiger partial charge in [0.15, 0.2) is 6.23 Å². The second kappa shape index (κ2) is 18.5. The number of piperidine rings is 1. The number of pyridine rings is 1. The van der Waals surface area contributed by atoms with Crippen molar-refractivity contribution < 1.29 is 38.5 Å². The molecule has 320 valence electrons. The third-order valence-electron chi connectivity index (χ3n) is 11.6. The fraction of sp³-hybridized carbons (Fsp3) is 0.477. The molecule has 16 heteroatoms. The van der Waals surface area contributed by atoms with Gasteiger partial charge in [-0.25, -0.2) is 0 Å². The highest BCUT2D eigenvalue weighted by Crippen LogP contribution is 2.40. The van der Waals surface area contributed by atoms with Gasteiger partial charge >= 0.3 is 0 Å². The second-order valence-corrected chi connectivity index (χ2v) is 17.1. The van der Waals surface area contributed by atoms with Gasteiger partial charge in [-0.3, -0.25) is 34.2 Å². The molecular weight excluding hydrogens is 789 g/mol. The van der Waals surface area contributed by atoms with Gasteiger partial charge in [0.05, 0.1) is 36.7 Å². The lowest BCUT2D eigenvalue weighted by atomic mass is 10.0. The lowest BCUT2D eigenvalue weighted by molar-refractivity contribution is -0.139. The molecule has 60 heavy (non-hydrogen) atoms. The van der Waals surface area contributed by atoms with Crippen LogP contribution in [-0.4, -0.2) is 115 Å². The number of aromatic nitrogens is 1. The van der Waals surface area contributed by atoms with E-state index in [0.29, 0.717) is 51.8 Å². The summed E-state index contributed by atoms with van der Waals surface area (Å²) in [4.78, 5) is 70.2. The summed E-state index contributed by atoms with van der Waals surface area (Å²) < 4.78 is 19.8. The van der Waals surface area contributed by atoms with Crippen molar-refractivity contribution in [1.82, 2.24) is 29.9 Å². The van der Waals surface area contributed by atoms with Crippen LogP contribution in [0.5, 0.6) is 17.2 Å². The summed E-state index contributed by atoms with van der Waals surface area (Å²) in [5.74, 6) is 0.328. The molecule has 3 N–H and O–H groups in total. The summed E-state index contributed by atoms with van der Waals surface area (Å²) in [7, 11) is 8.95. The number of carbonyl (C=O) groups excluding carboxylic acids is 4. The molecule has 0 spiro atoms. The van der Waals surface area contributed by atoms with Gasteiger partial charge in [0.1, 0.15) is 23.3 Å². The van der Waals surface area contributed by atoms with Crippen LogP contribution in [0, 0.1) is 0 Å². The monoisotopic (exact) mass is 842 g/mol. The van der Waals surface area contributed by atoms with Gasteiger partial charge in [-0.15, -0.1) is 11.3 Å². The predicted octanol–water partition coefficient (Wildman–Crippen LogP) is 4.43. The first-order valence-electron chi connectivity index (χ1n) is 20.5. The molecule has 3 unspecified atom stereocenters. The number of imide groups is 1. The minimum Gasteiger partial charge on any atom is -0.496 e. The van der Waals surface area contributed by atoms with Crippen molar-refractivity contribution >= 4 is 45.1 Å². The fourth-order valence-electron chi connectivity index (χ4n) is 8.46. The average molecular weight is 843 g/mol. The number of benzene rings is 2. The van der Waals surface area contributed by atoms with Gasteiger partial charge in [0.2, 0.25) is 11.8 Å². The molecule has 2 aromatic heterocycles. The summed E-state index contributed by atoms with van der Waals surface area (Å²) in [6.45, 7) is 3.88. The van der Waals surface area contributed by atoms with Crippen molar-refractivity contribution in [1.29, 1.82) is 0 Å². The molecule has 0 bridgehead atoms. The summed E-state index contributed by atoms with van der Waals surface area (Å²) >= 11 is 1.33. The summed E-state index contributed by atoms with van der Waals surface area (Å²) in [6.07, 6.45) is 6.24. The van der Waals surface area contributed by atoms with Crippen LogP contribution in [0.3, 0.4) is 0 Å². The Morgan fingerprint density at radius 1 is 0.967 bits per heavy atom. The molecule has 3 atom stereocenters. The number of hydrogen-bond donors (Lipinski definition) is 3. The van der Waals surface area contributed by atoms with E-state index < -0.39 is 24.1 Å². The number of ether oxygens (including phenoxy) is 3. The SMILES string of the molecule is COc1cc(-c2cn(C)c(=O)c3cc(C(=O)NC4CCCN(CCCCCOc5ccc6c(c5)C(O)N(C5CCC(=O)NC5=O)C6=O)CC4)sc23)cc(OC)c1CN(C)C. The third kappa shape index (κ3) is 9.06. The van der Waals surface area contributed by atoms with E-state index >= 15 is 0 Å². The number of rotatable bonds is 15. The molecule has 5 heterocycles. The number of likely N-dealkylation sites (tertiary alicyclic amines) is 1. The maximum atomic E-state index is 13.7. The molecule has 3 aliphatic rings. The molecular formula is C44H54N6O9S. The number of unbranched alkanes of at least 4 members (excludes halogenated alkanes) is 2. The number of thiophene rings is 1. The van der Waals surface area contributed by atoms with E-state index in [4.69, 9.17) is 14.2 Å². The maximum Gasteiger partial charge on any atom is 0.261 e. The molecule has 4 aromatic rings. The zero-order chi connectivity index (χ0) is 42.7. The molecule has 2 saturated heterocycles. The van der Waals surface area contributed by atoms with Gasteiger partial charge in [-0.2, -0.15) is 0 Å². The first kappa shape index (κ1) is 42.8. The van der Waals surface area contributed by atoms with Crippen molar-refractivity contribution in [2.75, 3.05) is 54.6 Å². The zero-order valence-electron chi connectivity index (χ0n) is 34.9. The van der Waals surface area contributed by atoms with E-state index in [9.17, 15) is 29.1 Å². The second-order valence-electron chi connectivity index (χ2n) is 16.1. The lowest BCUT2D eigenvalue weighted by Gasteiger charge is -2.31. The van der Waals surface area contributed by atoms with Gasteiger partial charge < -0.3 is 39.0 Å². The Hall–Kier alpha value is -5.29. The smallest absolute Gasteiger partial charge is 0.261 e. The van der Waals surface area contributed by atoms with Gasteiger partial charge in [-0.05, 0) is 114 Å². The normalized spacial score (nSPS) is 19.7. The Kier molecular flexibility index (Phi) is 13.2. The van der Waals surface area contributed by atoms with Gasteiger partial charge in [0, 0.05) is 60.2 Å². The number of aryl methyl sites for hydroxylation is 1. The number of carbonyl (C=O) groups is 4. The highest BCUT2D eigenvalue weighted by atomic mass is 32.1. The molecule has 15 nitrogen and oxygen atoms in total. The van der Waals surface area contributed by atoms with Crippen molar-refractivity contribution in [3.63, 3.8) is 0 Å². The molecule has 2 aromatic carbocycles. The number of nitrogens with zero attached hydrogens (tertiary/aromatic N) is 4. The largest absolute Gasteiger partial charge is 0.496 e. The molecule has 3 aliphatic heterocycles. The molecule has 4 amide bonds. The van der Waals surface area contributed by atoms with Crippen LogP contribution in [0.2, 0.25) is 0 Å². The van der Waals surface area contributed by atoms with Crippen LogP contribution >= 0.6 is 11.3 Å². The third-order valence-corrected chi connectivity index (χ3v) is 12.8. The van der Waals surface area contributed by atoms with Crippen LogP contribution in [0.25, 0.3) is 21.2 Å².